The summed E-state index contributed by atoms with van der Waals surface area (Å²) in [4.78, 5) is 0. The van der Waals surface area contributed by atoms with Gasteiger partial charge in [0.1, 0.15) is 12.4 Å². The fraction of sp³-hybridized carbons (Fsp3) is 0.200. The molecule has 5 heteroatoms. The maximum Gasteiger partial charge on any atom is 0.488 e. The van der Waals surface area contributed by atoms with E-state index in [-0.39, 0.29) is 0 Å². The highest BCUT2D eigenvalue weighted by molar-refractivity contribution is 6.58. The van der Waals surface area contributed by atoms with Gasteiger partial charge in [0.15, 0.2) is 0 Å². The molecule has 4 nitrogen and oxygen atoms in total. The van der Waals surface area contributed by atoms with Gasteiger partial charge in [-0.2, -0.15) is 0 Å². The van der Waals surface area contributed by atoms with Gasteiger partial charge in [-0.3, -0.25) is 0 Å². The zero-order chi connectivity index (χ0) is 14.2. The zero-order valence-electron chi connectivity index (χ0n) is 11.1. The van der Waals surface area contributed by atoms with Crippen LogP contribution in [-0.4, -0.2) is 30.4 Å². The Morgan fingerprint density at radius 1 is 0.850 bits per heavy atom. The lowest BCUT2D eigenvalue weighted by Crippen LogP contribution is -2.29. The van der Waals surface area contributed by atoms with Crippen LogP contribution in [0.4, 0.5) is 0 Å². The minimum atomic E-state index is -1.43. The van der Waals surface area contributed by atoms with Crippen molar-refractivity contribution in [3.63, 3.8) is 0 Å². The highest BCUT2D eigenvalue weighted by Gasteiger charge is 2.09. The first kappa shape index (κ1) is 14.6. The molecule has 0 saturated carbocycles. The molecule has 0 aromatic heterocycles. The molecule has 0 radical (unpaired) electrons. The number of para-hydroxylation sites is 1. The van der Waals surface area contributed by atoms with E-state index in [1.165, 1.54) is 0 Å². The predicted molar refractivity (Wildman–Crippen MR) is 77.9 cm³/mol. The Bertz CT molecular complexity index is 499. The molecule has 2 aromatic carbocycles. The first-order valence-corrected chi connectivity index (χ1v) is 6.46. The van der Waals surface area contributed by atoms with Gasteiger partial charge in [0.05, 0.1) is 13.2 Å². The molecule has 0 amide bonds. The first-order valence-electron chi connectivity index (χ1n) is 6.46. The Morgan fingerprint density at radius 3 is 2.20 bits per heavy atom. The Balaban J connectivity index is 1.66. The number of rotatable bonds is 7. The number of ether oxygens (including phenoxy) is 2. The normalized spacial score (nSPS) is 10.3. The summed E-state index contributed by atoms with van der Waals surface area (Å²) < 4.78 is 11.0. The van der Waals surface area contributed by atoms with Gasteiger partial charge >= 0.3 is 7.12 Å². The van der Waals surface area contributed by atoms with Gasteiger partial charge in [-0.25, -0.2) is 0 Å². The molecule has 2 N–H and O–H groups in total. The third-order valence-corrected chi connectivity index (χ3v) is 2.79. The van der Waals surface area contributed by atoms with Crippen LogP contribution in [0.15, 0.2) is 54.6 Å². The molecule has 0 aliphatic heterocycles. The lowest BCUT2D eigenvalue weighted by Gasteiger charge is -2.07. The van der Waals surface area contributed by atoms with E-state index in [0.717, 1.165) is 11.3 Å². The van der Waals surface area contributed by atoms with Crippen molar-refractivity contribution in [2.24, 2.45) is 0 Å². The summed E-state index contributed by atoms with van der Waals surface area (Å²) in [5, 5.41) is 18.0. The Hall–Kier alpha value is -1.82. The summed E-state index contributed by atoms with van der Waals surface area (Å²) in [5.41, 5.74) is 1.45. The van der Waals surface area contributed by atoms with Gasteiger partial charge in [0, 0.05) is 0 Å². The molecule has 2 rings (SSSR count). The van der Waals surface area contributed by atoms with Crippen molar-refractivity contribution < 1.29 is 19.5 Å². The molecule has 0 aliphatic rings. The van der Waals surface area contributed by atoms with Crippen LogP contribution < -0.4 is 10.2 Å². The van der Waals surface area contributed by atoms with E-state index in [9.17, 15) is 0 Å². The van der Waals surface area contributed by atoms with Crippen molar-refractivity contribution in [2.45, 2.75) is 6.61 Å². The van der Waals surface area contributed by atoms with Crippen LogP contribution in [0.5, 0.6) is 5.75 Å². The van der Waals surface area contributed by atoms with Crippen molar-refractivity contribution in [1.29, 1.82) is 0 Å². The van der Waals surface area contributed by atoms with E-state index < -0.39 is 7.12 Å². The van der Waals surface area contributed by atoms with Gasteiger partial charge in [-0.05, 0) is 23.2 Å². The molecule has 20 heavy (non-hydrogen) atoms. The molecule has 0 fully saturated rings. The molecular weight excluding hydrogens is 255 g/mol. The van der Waals surface area contributed by atoms with Gasteiger partial charge in [0.25, 0.3) is 0 Å². The van der Waals surface area contributed by atoms with Gasteiger partial charge in [0.2, 0.25) is 0 Å². The maximum absolute atomic E-state index is 8.98. The Labute approximate surface area is 118 Å². The summed E-state index contributed by atoms with van der Waals surface area (Å²) in [6.45, 7) is 1.47. The van der Waals surface area contributed by atoms with Crippen molar-refractivity contribution in [3.05, 3.63) is 60.2 Å². The number of hydrogen-bond acceptors (Lipinski definition) is 4. The average molecular weight is 272 g/mol. The molecule has 0 atom stereocenters. The van der Waals surface area contributed by atoms with Crippen molar-refractivity contribution in [2.75, 3.05) is 13.2 Å². The van der Waals surface area contributed by atoms with Crippen LogP contribution in [0.25, 0.3) is 0 Å². The van der Waals surface area contributed by atoms with E-state index in [4.69, 9.17) is 19.5 Å². The molecule has 0 spiro atoms. The fourth-order valence-corrected chi connectivity index (χ4v) is 1.71. The van der Waals surface area contributed by atoms with Crippen LogP contribution in [0, 0.1) is 0 Å². The van der Waals surface area contributed by atoms with Crippen LogP contribution in [0.2, 0.25) is 0 Å². The molecule has 104 valence electrons. The van der Waals surface area contributed by atoms with Crippen molar-refractivity contribution in [3.8, 4) is 5.75 Å². The summed E-state index contributed by atoms with van der Waals surface area (Å²) in [6.07, 6.45) is 0. The molecule has 0 heterocycles. The largest absolute Gasteiger partial charge is 0.491 e. The summed E-state index contributed by atoms with van der Waals surface area (Å²) in [7, 11) is -1.43. The van der Waals surface area contributed by atoms with Crippen molar-refractivity contribution in [1.82, 2.24) is 0 Å². The quantitative estimate of drug-likeness (QED) is 0.582. The minimum Gasteiger partial charge on any atom is -0.491 e. The predicted octanol–water partition coefficient (Wildman–Crippen LogP) is 0.962. The summed E-state index contributed by atoms with van der Waals surface area (Å²) in [6, 6.07) is 16.6. The molecule has 0 saturated heterocycles. The van der Waals surface area contributed by atoms with Crippen molar-refractivity contribution >= 4 is 12.6 Å². The van der Waals surface area contributed by atoms with Gasteiger partial charge in [-0.15, -0.1) is 0 Å². The molecule has 0 bridgehead atoms. The minimum absolute atomic E-state index is 0.472. The lowest BCUT2D eigenvalue weighted by atomic mass is 9.80. The van der Waals surface area contributed by atoms with Crippen LogP contribution >= 0.6 is 0 Å². The summed E-state index contributed by atoms with van der Waals surface area (Å²) >= 11 is 0. The first-order chi connectivity index (χ1) is 9.75. The second kappa shape index (κ2) is 7.70. The summed E-state index contributed by atoms with van der Waals surface area (Å²) in [5.74, 6) is 0.831. The SMILES string of the molecule is OB(O)c1ccc(COCCOc2ccccc2)cc1. The van der Waals surface area contributed by atoms with Gasteiger partial charge in [-0.1, -0.05) is 42.5 Å². The molecule has 0 aliphatic carbocycles. The maximum atomic E-state index is 8.98. The second-order valence-corrected chi connectivity index (χ2v) is 4.33. The monoisotopic (exact) mass is 272 g/mol. The van der Waals surface area contributed by atoms with Crippen LogP contribution in [0.3, 0.4) is 0 Å². The van der Waals surface area contributed by atoms with E-state index in [2.05, 4.69) is 0 Å². The topological polar surface area (TPSA) is 58.9 Å². The van der Waals surface area contributed by atoms with Crippen LogP contribution in [-0.2, 0) is 11.3 Å². The van der Waals surface area contributed by atoms with E-state index >= 15 is 0 Å². The van der Waals surface area contributed by atoms with Crippen LogP contribution in [0.1, 0.15) is 5.56 Å². The zero-order valence-corrected chi connectivity index (χ0v) is 11.1. The lowest BCUT2D eigenvalue weighted by molar-refractivity contribution is 0.0889. The van der Waals surface area contributed by atoms with E-state index in [0.29, 0.717) is 25.3 Å². The Morgan fingerprint density at radius 2 is 1.55 bits per heavy atom. The van der Waals surface area contributed by atoms with Gasteiger partial charge < -0.3 is 19.5 Å². The van der Waals surface area contributed by atoms with E-state index in [1.54, 1.807) is 12.1 Å². The average Bonchev–Trinajstić information content (AvgIpc) is 2.48. The van der Waals surface area contributed by atoms with E-state index in [1.807, 2.05) is 42.5 Å². The third-order valence-electron chi connectivity index (χ3n) is 2.79. The standard InChI is InChI=1S/C15H17BO4/c17-16(18)14-8-6-13(7-9-14)12-19-10-11-20-15-4-2-1-3-5-15/h1-9,17-18H,10-12H2. The third kappa shape index (κ3) is 4.70. The molecule has 2 aromatic rings. The number of benzene rings is 2. The second-order valence-electron chi connectivity index (χ2n) is 4.33. The highest BCUT2D eigenvalue weighted by atomic mass is 16.5. The smallest absolute Gasteiger partial charge is 0.488 e. The fourth-order valence-electron chi connectivity index (χ4n) is 1.71. The highest BCUT2D eigenvalue weighted by Crippen LogP contribution is 2.08. The Kier molecular flexibility index (Phi) is 5.61. The number of hydrogen-bond donors (Lipinski definition) is 2. The molecular formula is C15H17BO4. The molecule has 0 unspecified atom stereocenters.